The molecule has 1 aliphatic rings. The molecule has 2 aromatic rings. The Morgan fingerprint density at radius 1 is 1.09 bits per heavy atom. The van der Waals surface area contributed by atoms with Crippen molar-refractivity contribution in [3.8, 4) is 11.5 Å². The van der Waals surface area contributed by atoms with Crippen molar-refractivity contribution in [3.63, 3.8) is 0 Å². The molecule has 1 heterocycles. The van der Waals surface area contributed by atoms with Crippen LogP contribution in [-0.4, -0.2) is 31.2 Å². The van der Waals surface area contributed by atoms with Gasteiger partial charge in [0.05, 0.1) is 0 Å². The molecule has 0 aliphatic carbocycles. The van der Waals surface area contributed by atoms with Gasteiger partial charge in [0.15, 0.2) is 11.5 Å². The molecule has 0 bridgehead atoms. The van der Waals surface area contributed by atoms with Gasteiger partial charge in [0.25, 0.3) is 0 Å². The molecule has 0 radical (unpaired) electrons. The number of fused-ring (bicyclic) bond motifs is 1. The predicted molar refractivity (Wildman–Crippen MR) is 84.4 cm³/mol. The maximum Gasteiger partial charge on any atom is 0.321 e. The number of rotatable bonds is 3. The summed E-state index contributed by atoms with van der Waals surface area (Å²) in [4.78, 5) is 13.8. The molecular weight excluding hydrogens is 280 g/mol. The molecule has 1 N–H and O–H groups in total. The molecule has 0 atom stereocenters. The zero-order valence-corrected chi connectivity index (χ0v) is 12.4. The van der Waals surface area contributed by atoms with Gasteiger partial charge < -0.3 is 19.7 Å². The zero-order chi connectivity index (χ0) is 15.4. The first-order chi connectivity index (χ1) is 10.7. The first kappa shape index (κ1) is 14.3. The molecule has 0 aromatic heterocycles. The average Bonchev–Trinajstić information content (AvgIpc) is 2.55. The summed E-state index contributed by atoms with van der Waals surface area (Å²) in [5.41, 5.74) is 1.77. The third-order valence-electron chi connectivity index (χ3n) is 3.40. The summed E-state index contributed by atoms with van der Waals surface area (Å²) >= 11 is 0. The Balaban J connectivity index is 1.63. The molecule has 114 valence electrons. The van der Waals surface area contributed by atoms with Gasteiger partial charge in [-0.1, -0.05) is 24.3 Å². The topological polar surface area (TPSA) is 50.8 Å². The van der Waals surface area contributed by atoms with Crippen molar-refractivity contribution in [1.82, 2.24) is 4.90 Å². The van der Waals surface area contributed by atoms with E-state index in [0.717, 1.165) is 22.7 Å². The Morgan fingerprint density at radius 2 is 1.82 bits per heavy atom. The van der Waals surface area contributed by atoms with Gasteiger partial charge in [0.2, 0.25) is 0 Å². The van der Waals surface area contributed by atoms with Gasteiger partial charge in [0.1, 0.15) is 13.2 Å². The molecule has 0 fully saturated rings. The number of anilines is 1. The molecule has 1 aliphatic heterocycles. The number of amides is 2. The molecule has 0 saturated carbocycles. The van der Waals surface area contributed by atoms with Crippen molar-refractivity contribution >= 4 is 11.7 Å². The number of carbonyl (C=O) groups excluding carboxylic acids is 1. The van der Waals surface area contributed by atoms with Gasteiger partial charge in [-0.2, -0.15) is 0 Å². The van der Waals surface area contributed by atoms with E-state index in [0.29, 0.717) is 19.8 Å². The fourth-order valence-corrected chi connectivity index (χ4v) is 2.27. The second-order valence-electron chi connectivity index (χ2n) is 5.13. The van der Waals surface area contributed by atoms with Crippen LogP contribution < -0.4 is 14.8 Å². The van der Waals surface area contributed by atoms with Gasteiger partial charge in [-0.05, 0) is 29.8 Å². The number of para-hydroxylation sites is 1. The Bertz CT molecular complexity index is 658. The fourth-order valence-electron chi connectivity index (χ4n) is 2.27. The summed E-state index contributed by atoms with van der Waals surface area (Å²) in [6.45, 7) is 1.63. The minimum Gasteiger partial charge on any atom is -0.486 e. The number of nitrogens with one attached hydrogen (secondary N) is 1. The summed E-state index contributed by atoms with van der Waals surface area (Å²) < 4.78 is 11.0. The lowest BCUT2D eigenvalue weighted by atomic mass is 10.2. The van der Waals surface area contributed by atoms with Crippen LogP contribution in [-0.2, 0) is 6.54 Å². The maximum atomic E-state index is 12.2. The van der Waals surface area contributed by atoms with Crippen LogP contribution in [0.2, 0.25) is 0 Å². The van der Waals surface area contributed by atoms with Crippen molar-refractivity contribution in [2.45, 2.75) is 6.54 Å². The molecule has 3 rings (SSSR count). The highest BCUT2D eigenvalue weighted by atomic mass is 16.6. The Labute approximate surface area is 129 Å². The zero-order valence-electron chi connectivity index (χ0n) is 12.4. The smallest absolute Gasteiger partial charge is 0.321 e. The third-order valence-corrected chi connectivity index (χ3v) is 3.40. The normalized spacial score (nSPS) is 12.6. The van der Waals surface area contributed by atoms with Crippen LogP contribution in [0.25, 0.3) is 0 Å². The van der Waals surface area contributed by atoms with E-state index in [1.54, 1.807) is 11.9 Å². The van der Waals surface area contributed by atoms with Crippen LogP contribution in [0.4, 0.5) is 10.5 Å². The molecule has 22 heavy (non-hydrogen) atoms. The first-order valence-electron chi connectivity index (χ1n) is 7.18. The van der Waals surface area contributed by atoms with E-state index < -0.39 is 0 Å². The predicted octanol–water partition coefficient (Wildman–Crippen LogP) is 3.12. The van der Waals surface area contributed by atoms with Crippen molar-refractivity contribution in [2.24, 2.45) is 0 Å². The Hall–Kier alpha value is -2.69. The number of hydrogen-bond acceptors (Lipinski definition) is 3. The third kappa shape index (κ3) is 3.31. The molecule has 2 aromatic carbocycles. The number of carbonyl (C=O) groups is 1. The van der Waals surface area contributed by atoms with Crippen LogP contribution in [0.1, 0.15) is 5.56 Å². The van der Waals surface area contributed by atoms with E-state index in [2.05, 4.69) is 5.32 Å². The van der Waals surface area contributed by atoms with Gasteiger partial charge in [-0.15, -0.1) is 0 Å². The van der Waals surface area contributed by atoms with Crippen LogP contribution in [0.3, 0.4) is 0 Å². The summed E-state index contributed by atoms with van der Waals surface area (Å²) in [5.74, 6) is 1.49. The lowest BCUT2D eigenvalue weighted by molar-refractivity contribution is 0.171. The Kier molecular flexibility index (Phi) is 4.14. The van der Waals surface area contributed by atoms with Gasteiger partial charge in [0, 0.05) is 19.3 Å². The van der Waals surface area contributed by atoms with Crippen molar-refractivity contribution in [2.75, 3.05) is 25.6 Å². The molecular formula is C17H18N2O3. The van der Waals surface area contributed by atoms with Gasteiger partial charge in [-0.25, -0.2) is 4.79 Å². The van der Waals surface area contributed by atoms with E-state index in [9.17, 15) is 4.79 Å². The van der Waals surface area contributed by atoms with Gasteiger partial charge >= 0.3 is 6.03 Å². The summed E-state index contributed by atoms with van der Waals surface area (Å²) in [6.07, 6.45) is 0. The number of benzene rings is 2. The number of urea groups is 1. The number of ether oxygens (including phenoxy) is 2. The van der Waals surface area contributed by atoms with Crippen molar-refractivity contribution < 1.29 is 14.3 Å². The highest BCUT2D eigenvalue weighted by molar-refractivity contribution is 5.89. The van der Waals surface area contributed by atoms with E-state index in [1.807, 2.05) is 48.5 Å². The van der Waals surface area contributed by atoms with E-state index in [-0.39, 0.29) is 6.03 Å². The molecule has 0 spiro atoms. The van der Waals surface area contributed by atoms with Crippen LogP contribution in [0.15, 0.2) is 48.5 Å². The SMILES string of the molecule is CN(Cc1ccc2c(c1)OCCO2)C(=O)Nc1ccccc1. The van der Waals surface area contributed by atoms with E-state index in [4.69, 9.17) is 9.47 Å². The summed E-state index contributed by atoms with van der Waals surface area (Å²) in [5, 5.41) is 2.86. The monoisotopic (exact) mass is 298 g/mol. The second kappa shape index (κ2) is 6.39. The number of nitrogens with zero attached hydrogens (tertiary/aromatic N) is 1. The quantitative estimate of drug-likeness (QED) is 0.947. The molecule has 0 saturated heterocycles. The molecule has 0 unspecified atom stereocenters. The van der Waals surface area contributed by atoms with Crippen LogP contribution in [0, 0.1) is 0 Å². The first-order valence-corrected chi connectivity index (χ1v) is 7.18. The van der Waals surface area contributed by atoms with E-state index in [1.165, 1.54) is 0 Å². The van der Waals surface area contributed by atoms with Crippen molar-refractivity contribution in [1.29, 1.82) is 0 Å². The minimum atomic E-state index is -0.152. The van der Waals surface area contributed by atoms with Crippen molar-refractivity contribution in [3.05, 3.63) is 54.1 Å². The average molecular weight is 298 g/mol. The standard InChI is InChI=1S/C17H18N2O3/c1-19(17(20)18-14-5-3-2-4-6-14)12-13-7-8-15-16(11-13)22-10-9-21-15/h2-8,11H,9-10,12H2,1H3,(H,18,20). The molecule has 2 amide bonds. The highest BCUT2D eigenvalue weighted by Crippen LogP contribution is 2.31. The largest absolute Gasteiger partial charge is 0.486 e. The van der Waals surface area contributed by atoms with Crippen LogP contribution in [0.5, 0.6) is 11.5 Å². The maximum absolute atomic E-state index is 12.2. The molecule has 5 heteroatoms. The molecule has 5 nitrogen and oxygen atoms in total. The number of hydrogen-bond donors (Lipinski definition) is 1. The van der Waals surface area contributed by atoms with E-state index >= 15 is 0 Å². The fraction of sp³-hybridized carbons (Fsp3) is 0.235. The van der Waals surface area contributed by atoms with Gasteiger partial charge in [-0.3, -0.25) is 0 Å². The summed E-state index contributed by atoms with van der Waals surface area (Å²) in [7, 11) is 1.76. The highest BCUT2D eigenvalue weighted by Gasteiger charge is 2.14. The lowest BCUT2D eigenvalue weighted by Gasteiger charge is -2.21. The summed E-state index contributed by atoms with van der Waals surface area (Å²) in [6, 6.07) is 15.0. The second-order valence-corrected chi connectivity index (χ2v) is 5.13. The Morgan fingerprint density at radius 3 is 2.59 bits per heavy atom. The lowest BCUT2D eigenvalue weighted by Crippen LogP contribution is -2.30. The minimum absolute atomic E-state index is 0.152. The van der Waals surface area contributed by atoms with Crippen LogP contribution >= 0.6 is 0 Å².